The molecule has 3 nitrogen and oxygen atoms in total. The Morgan fingerprint density at radius 2 is 1.07 bits per heavy atom. The third-order valence-electron chi connectivity index (χ3n) is 4.68. The zero-order chi connectivity index (χ0) is 19.5. The summed E-state index contributed by atoms with van der Waals surface area (Å²) in [6.45, 7) is 1.89. The van der Waals surface area contributed by atoms with Crippen molar-refractivity contribution in [1.82, 2.24) is 5.32 Å². The van der Waals surface area contributed by atoms with Crippen LogP contribution in [0.5, 0.6) is 11.5 Å². The van der Waals surface area contributed by atoms with Crippen LogP contribution in [0.4, 0.5) is 8.78 Å². The summed E-state index contributed by atoms with van der Waals surface area (Å²) in [5.41, 5.74) is 1.35. The minimum atomic E-state index is -0.308. The van der Waals surface area contributed by atoms with Crippen molar-refractivity contribution < 1.29 is 19.0 Å². The van der Waals surface area contributed by atoms with Crippen molar-refractivity contribution in [3.63, 3.8) is 0 Å². The highest BCUT2D eigenvalue weighted by molar-refractivity contribution is 5.33. The number of halogens is 2. The van der Waals surface area contributed by atoms with Gasteiger partial charge in [-0.2, -0.15) is 0 Å². The zero-order valence-corrected chi connectivity index (χ0v) is 15.7. The van der Waals surface area contributed by atoms with Gasteiger partial charge in [-0.15, -0.1) is 0 Å². The van der Waals surface area contributed by atoms with Crippen molar-refractivity contribution in [2.75, 3.05) is 13.1 Å². The summed E-state index contributed by atoms with van der Waals surface area (Å²) in [6.07, 6.45) is 7.39. The SMILES string of the molecule is Oc1ccc(F)cc1CCCCCNCCCCCc1cc(F)ccc1O. The quantitative estimate of drug-likeness (QED) is 0.452. The van der Waals surface area contributed by atoms with E-state index in [0.717, 1.165) is 51.6 Å². The van der Waals surface area contributed by atoms with E-state index in [2.05, 4.69) is 5.32 Å². The van der Waals surface area contributed by atoms with E-state index < -0.39 is 0 Å². The fourth-order valence-electron chi connectivity index (χ4n) is 3.12. The molecule has 3 N–H and O–H groups in total. The summed E-state index contributed by atoms with van der Waals surface area (Å²) in [7, 11) is 0. The average Bonchev–Trinajstić information content (AvgIpc) is 2.65. The highest BCUT2D eigenvalue weighted by atomic mass is 19.1. The predicted octanol–water partition coefficient (Wildman–Crippen LogP) is 5.09. The summed E-state index contributed by atoms with van der Waals surface area (Å²) >= 11 is 0. The van der Waals surface area contributed by atoms with Crippen LogP contribution in [0.15, 0.2) is 36.4 Å². The number of aryl methyl sites for hydroxylation is 2. The Labute approximate surface area is 160 Å². The Balaban J connectivity index is 1.45. The summed E-state index contributed by atoms with van der Waals surface area (Å²) in [5.74, 6) is -0.281. The highest BCUT2D eigenvalue weighted by Crippen LogP contribution is 2.21. The first-order valence-electron chi connectivity index (χ1n) is 9.72. The molecule has 2 aromatic rings. The lowest BCUT2D eigenvalue weighted by Crippen LogP contribution is -2.16. The van der Waals surface area contributed by atoms with Crippen LogP contribution in [0.25, 0.3) is 0 Å². The normalized spacial score (nSPS) is 11.0. The van der Waals surface area contributed by atoms with Gasteiger partial charge in [0, 0.05) is 0 Å². The van der Waals surface area contributed by atoms with Crippen LogP contribution in [-0.4, -0.2) is 23.3 Å². The molecule has 0 aliphatic rings. The van der Waals surface area contributed by atoms with Crippen molar-refractivity contribution >= 4 is 0 Å². The van der Waals surface area contributed by atoms with Gasteiger partial charge in [0.1, 0.15) is 23.1 Å². The summed E-state index contributed by atoms with van der Waals surface area (Å²) in [4.78, 5) is 0. The maximum absolute atomic E-state index is 13.1. The van der Waals surface area contributed by atoms with E-state index in [1.807, 2.05) is 0 Å². The molecular formula is C22H29F2NO2. The maximum Gasteiger partial charge on any atom is 0.123 e. The molecule has 5 heteroatoms. The Kier molecular flexibility index (Phi) is 9.05. The molecule has 0 fully saturated rings. The minimum Gasteiger partial charge on any atom is -0.508 e. The van der Waals surface area contributed by atoms with Gasteiger partial charge in [-0.05, 0) is 99.1 Å². The van der Waals surface area contributed by atoms with Gasteiger partial charge in [-0.3, -0.25) is 0 Å². The van der Waals surface area contributed by atoms with E-state index in [-0.39, 0.29) is 23.1 Å². The van der Waals surface area contributed by atoms with E-state index in [1.54, 1.807) is 0 Å². The van der Waals surface area contributed by atoms with Gasteiger partial charge in [0.15, 0.2) is 0 Å². The van der Waals surface area contributed by atoms with Crippen LogP contribution in [0.2, 0.25) is 0 Å². The molecule has 0 amide bonds. The molecule has 2 aromatic carbocycles. The van der Waals surface area contributed by atoms with Gasteiger partial charge in [-0.1, -0.05) is 12.8 Å². The average molecular weight is 377 g/mol. The Morgan fingerprint density at radius 1 is 0.630 bits per heavy atom. The third-order valence-corrected chi connectivity index (χ3v) is 4.68. The molecule has 0 bridgehead atoms. The molecular weight excluding hydrogens is 348 g/mol. The molecule has 0 saturated carbocycles. The summed E-state index contributed by atoms with van der Waals surface area (Å²) in [6, 6.07) is 8.14. The zero-order valence-electron chi connectivity index (χ0n) is 15.7. The third kappa shape index (κ3) is 7.95. The fraction of sp³-hybridized carbons (Fsp3) is 0.455. The smallest absolute Gasteiger partial charge is 0.123 e. The monoisotopic (exact) mass is 377 g/mol. The first kappa shape index (κ1) is 21.2. The molecule has 0 heterocycles. The lowest BCUT2D eigenvalue weighted by molar-refractivity contribution is 0.463. The minimum absolute atomic E-state index is 0.168. The van der Waals surface area contributed by atoms with Crippen molar-refractivity contribution in [2.45, 2.75) is 51.4 Å². The van der Waals surface area contributed by atoms with Gasteiger partial charge in [0.2, 0.25) is 0 Å². The number of hydrogen-bond acceptors (Lipinski definition) is 3. The number of aromatic hydroxyl groups is 2. The lowest BCUT2D eigenvalue weighted by atomic mass is 10.1. The van der Waals surface area contributed by atoms with E-state index >= 15 is 0 Å². The summed E-state index contributed by atoms with van der Waals surface area (Å²) < 4.78 is 26.3. The van der Waals surface area contributed by atoms with Crippen LogP contribution in [0.3, 0.4) is 0 Å². The number of unbranched alkanes of at least 4 members (excludes halogenated alkanes) is 4. The molecule has 2 rings (SSSR count). The van der Waals surface area contributed by atoms with Gasteiger partial charge in [-0.25, -0.2) is 8.78 Å². The van der Waals surface area contributed by atoms with Crippen molar-refractivity contribution in [3.05, 3.63) is 59.2 Å². The Bertz CT molecular complexity index is 647. The van der Waals surface area contributed by atoms with Gasteiger partial charge in [0.25, 0.3) is 0 Å². The van der Waals surface area contributed by atoms with Crippen LogP contribution in [-0.2, 0) is 12.8 Å². The van der Waals surface area contributed by atoms with Crippen molar-refractivity contribution in [1.29, 1.82) is 0 Å². The number of phenols is 2. The van der Waals surface area contributed by atoms with Gasteiger partial charge < -0.3 is 15.5 Å². The highest BCUT2D eigenvalue weighted by Gasteiger charge is 2.04. The molecule has 0 aliphatic carbocycles. The molecule has 0 spiro atoms. The molecule has 148 valence electrons. The second kappa shape index (κ2) is 11.5. The molecule has 0 aromatic heterocycles. The van der Waals surface area contributed by atoms with E-state index in [0.29, 0.717) is 24.0 Å². The van der Waals surface area contributed by atoms with Crippen LogP contribution < -0.4 is 5.32 Å². The Hall–Kier alpha value is -2.14. The molecule has 0 atom stereocenters. The van der Waals surface area contributed by atoms with E-state index in [9.17, 15) is 19.0 Å². The number of hydrogen-bond donors (Lipinski definition) is 3. The second-order valence-electron chi connectivity index (χ2n) is 6.92. The molecule has 0 saturated heterocycles. The van der Waals surface area contributed by atoms with Crippen LogP contribution in [0.1, 0.15) is 49.7 Å². The van der Waals surface area contributed by atoms with E-state index in [4.69, 9.17) is 0 Å². The van der Waals surface area contributed by atoms with Gasteiger partial charge in [0.05, 0.1) is 0 Å². The molecule has 0 unspecified atom stereocenters. The fourth-order valence-corrected chi connectivity index (χ4v) is 3.12. The first-order valence-corrected chi connectivity index (χ1v) is 9.72. The van der Waals surface area contributed by atoms with Crippen molar-refractivity contribution in [2.24, 2.45) is 0 Å². The number of rotatable bonds is 12. The molecule has 0 radical (unpaired) electrons. The number of benzene rings is 2. The maximum atomic E-state index is 13.1. The standard InChI is InChI=1S/C22H29F2NO2/c23-19-9-11-21(26)17(15-19)7-3-1-5-13-25-14-6-2-4-8-18-16-20(24)10-12-22(18)27/h9-12,15-16,25-27H,1-8,13-14H2. The largest absolute Gasteiger partial charge is 0.508 e. The van der Waals surface area contributed by atoms with Crippen molar-refractivity contribution in [3.8, 4) is 11.5 Å². The number of nitrogens with one attached hydrogen (secondary N) is 1. The molecule has 0 aliphatic heterocycles. The molecule has 27 heavy (non-hydrogen) atoms. The summed E-state index contributed by atoms with van der Waals surface area (Å²) in [5, 5.41) is 22.7. The first-order chi connectivity index (χ1) is 13.1. The predicted molar refractivity (Wildman–Crippen MR) is 104 cm³/mol. The number of phenolic OH excluding ortho intramolecular Hbond substituents is 2. The second-order valence-corrected chi connectivity index (χ2v) is 6.92. The topological polar surface area (TPSA) is 52.5 Å². The van der Waals surface area contributed by atoms with Crippen LogP contribution in [0, 0.1) is 11.6 Å². The van der Waals surface area contributed by atoms with Crippen LogP contribution >= 0.6 is 0 Å². The van der Waals surface area contributed by atoms with E-state index in [1.165, 1.54) is 36.4 Å². The lowest BCUT2D eigenvalue weighted by Gasteiger charge is -2.07. The van der Waals surface area contributed by atoms with Gasteiger partial charge >= 0.3 is 0 Å². The Morgan fingerprint density at radius 3 is 1.52 bits per heavy atom.